The number of amides is 1. The van der Waals surface area contributed by atoms with Crippen molar-refractivity contribution in [1.29, 1.82) is 0 Å². The normalized spacial score (nSPS) is 21.1. The maximum absolute atomic E-state index is 11.6. The van der Waals surface area contributed by atoms with Gasteiger partial charge in [-0.25, -0.2) is 0 Å². The molecule has 1 aromatic carbocycles. The van der Waals surface area contributed by atoms with Crippen LogP contribution in [0.5, 0.6) is 0 Å². The van der Waals surface area contributed by atoms with Crippen molar-refractivity contribution in [3.8, 4) is 0 Å². The fourth-order valence-electron chi connectivity index (χ4n) is 2.32. The van der Waals surface area contributed by atoms with Crippen molar-refractivity contribution in [2.45, 2.75) is 24.6 Å². The molecule has 84 valence electrons. The molecule has 1 fully saturated rings. The van der Waals surface area contributed by atoms with Crippen molar-refractivity contribution in [3.63, 3.8) is 0 Å². The Hall–Kier alpha value is -1.02. The van der Waals surface area contributed by atoms with Gasteiger partial charge in [0, 0.05) is 12.7 Å². The minimum atomic E-state index is 0.131. The molecule has 0 spiro atoms. The second-order valence-corrected chi connectivity index (χ2v) is 5.23. The van der Waals surface area contributed by atoms with E-state index in [0.29, 0.717) is 12.3 Å². The van der Waals surface area contributed by atoms with Crippen molar-refractivity contribution >= 4 is 23.2 Å². The molecule has 0 bridgehead atoms. The van der Waals surface area contributed by atoms with Crippen molar-refractivity contribution in [2.24, 2.45) is 5.92 Å². The molecule has 16 heavy (non-hydrogen) atoms. The quantitative estimate of drug-likeness (QED) is 0.722. The molecule has 1 amide bonds. The van der Waals surface area contributed by atoms with Crippen LogP contribution in [-0.2, 0) is 11.2 Å². The molecule has 2 aliphatic rings. The van der Waals surface area contributed by atoms with E-state index >= 15 is 0 Å². The molecule has 1 aliphatic carbocycles. The first-order chi connectivity index (χ1) is 7.66. The maximum Gasteiger partial charge on any atom is 0.231 e. The Bertz CT molecular complexity index is 453. The van der Waals surface area contributed by atoms with E-state index < -0.39 is 0 Å². The van der Waals surface area contributed by atoms with Crippen LogP contribution >= 0.6 is 11.6 Å². The number of fused-ring (bicyclic) bond motifs is 1. The number of hydrogen-bond donors (Lipinski definition) is 0. The first kappa shape index (κ1) is 10.2. The molecule has 1 atom stereocenters. The van der Waals surface area contributed by atoms with Crippen LogP contribution in [0.3, 0.4) is 0 Å². The Balaban J connectivity index is 1.94. The van der Waals surface area contributed by atoms with Crippen molar-refractivity contribution in [2.75, 3.05) is 11.9 Å². The monoisotopic (exact) mass is 235 g/mol. The highest BCUT2D eigenvalue weighted by Crippen LogP contribution is 2.46. The number of halogens is 1. The molecule has 1 aromatic rings. The highest BCUT2D eigenvalue weighted by molar-refractivity contribution is 6.21. The van der Waals surface area contributed by atoms with Gasteiger partial charge in [0.25, 0.3) is 0 Å². The summed E-state index contributed by atoms with van der Waals surface area (Å²) < 4.78 is 0. The zero-order chi connectivity index (χ0) is 11.3. The van der Waals surface area contributed by atoms with Crippen molar-refractivity contribution in [1.82, 2.24) is 0 Å². The summed E-state index contributed by atoms with van der Waals surface area (Å²) >= 11 is 6.38. The average molecular weight is 236 g/mol. The lowest BCUT2D eigenvalue weighted by Gasteiger charge is -2.12. The van der Waals surface area contributed by atoms with Gasteiger partial charge in [0.1, 0.15) is 0 Å². The standard InChI is InChI=1S/C13H14ClNO/c1-15-11-5-4-9(13(14)8-2-3-8)6-10(11)7-12(15)16/h4-6,8,13H,2-3,7H2,1H3. The number of alkyl halides is 1. The lowest BCUT2D eigenvalue weighted by atomic mass is 10.0. The molecule has 3 rings (SSSR count). The summed E-state index contributed by atoms with van der Waals surface area (Å²) in [6.45, 7) is 0. The first-order valence-corrected chi connectivity index (χ1v) is 6.14. The molecule has 0 radical (unpaired) electrons. The Labute approximate surface area is 100 Å². The van der Waals surface area contributed by atoms with Crippen LogP contribution in [0.15, 0.2) is 18.2 Å². The van der Waals surface area contributed by atoms with Crippen LogP contribution in [0.25, 0.3) is 0 Å². The summed E-state index contributed by atoms with van der Waals surface area (Å²) in [5, 5.41) is 0.131. The van der Waals surface area contributed by atoms with Gasteiger partial charge in [0.2, 0.25) is 5.91 Å². The van der Waals surface area contributed by atoms with Gasteiger partial charge in [-0.3, -0.25) is 4.79 Å². The van der Waals surface area contributed by atoms with Crippen molar-refractivity contribution < 1.29 is 4.79 Å². The van der Waals surface area contributed by atoms with E-state index in [-0.39, 0.29) is 11.3 Å². The third-order valence-corrected chi connectivity index (χ3v) is 4.14. The Morgan fingerprint density at radius 1 is 1.44 bits per heavy atom. The third kappa shape index (κ3) is 1.52. The lowest BCUT2D eigenvalue weighted by Crippen LogP contribution is -2.20. The Kier molecular flexibility index (Phi) is 2.21. The number of hydrogen-bond acceptors (Lipinski definition) is 1. The van der Waals surface area contributed by atoms with E-state index in [2.05, 4.69) is 12.1 Å². The van der Waals surface area contributed by atoms with Gasteiger partial charge in [-0.15, -0.1) is 11.6 Å². The molecule has 1 unspecified atom stereocenters. The van der Waals surface area contributed by atoms with Crippen LogP contribution in [0, 0.1) is 5.92 Å². The van der Waals surface area contributed by atoms with Crippen LogP contribution in [0.1, 0.15) is 29.3 Å². The highest BCUT2D eigenvalue weighted by Gasteiger charge is 2.32. The molecule has 0 aromatic heterocycles. The van der Waals surface area contributed by atoms with E-state index in [0.717, 1.165) is 11.3 Å². The summed E-state index contributed by atoms with van der Waals surface area (Å²) in [6.07, 6.45) is 3.00. The largest absolute Gasteiger partial charge is 0.315 e. The van der Waals surface area contributed by atoms with E-state index in [1.165, 1.54) is 18.4 Å². The third-order valence-electron chi connectivity index (χ3n) is 3.54. The van der Waals surface area contributed by atoms with E-state index in [9.17, 15) is 4.79 Å². The fraction of sp³-hybridized carbons (Fsp3) is 0.462. The molecule has 1 heterocycles. The second-order valence-electron chi connectivity index (χ2n) is 4.76. The van der Waals surface area contributed by atoms with Crippen LogP contribution in [0.4, 0.5) is 5.69 Å². The predicted molar refractivity (Wildman–Crippen MR) is 64.9 cm³/mol. The summed E-state index contributed by atoms with van der Waals surface area (Å²) in [5.41, 5.74) is 3.33. The van der Waals surface area contributed by atoms with Crippen LogP contribution < -0.4 is 4.90 Å². The van der Waals surface area contributed by atoms with Crippen molar-refractivity contribution in [3.05, 3.63) is 29.3 Å². The Morgan fingerprint density at radius 2 is 2.19 bits per heavy atom. The zero-order valence-electron chi connectivity index (χ0n) is 9.24. The second kappa shape index (κ2) is 3.49. The number of anilines is 1. The molecular weight excluding hydrogens is 222 g/mol. The zero-order valence-corrected chi connectivity index (χ0v) is 10.00. The molecule has 1 aliphatic heterocycles. The summed E-state index contributed by atoms with van der Waals surface area (Å²) in [4.78, 5) is 13.3. The van der Waals surface area contributed by atoms with E-state index in [1.807, 2.05) is 13.1 Å². The average Bonchev–Trinajstić information content (AvgIpc) is 3.07. The molecule has 0 saturated heterocycles. The molecule has 2 nitrogen and oxygen atoms in total. The summed E-state index contributed by atoms with van der Waals surface area (Å²) in [5.74, 6) is 0.819. The molecular formula is C13H14ClNO. The molecule has 1 saturated carbocycles. The smallest absolute Gasteiger partial charge is 0.231 e. The van der Waals surface area contributed by atoms with Crippen LogP contribution in [-0.4, -0.2) is 13.0 Å². The van der Waals surface area contributed by atoms with Crippen LogP contribution in [0.2, 0.25) is 0 Å². The topological polar surface area (TPSA) is 20.3 Å². The minimum Gasteiger partial charge on any atom is -0.315 e. The number of benzene rings is 1. The van der Waals surface area contributed by atoms with Gasteiger partial charge in [0.15, 0.2) is 0 Å². The number of likely N-dealkylation sites (N-methyl/N-ethyl adjacent to an activating group) is 1. The van der Waals surface area contributed by atoms with Gasteiger partial charge >= 0.3 is 0 Å². The molecule has 0 N–H and O–H groups in total. The lowest BCUT2D eigenvalue weighted by molar-refractivity contribution is -0.117. The molecule has 3 heteroatoms. The Morgan fingerprint density at radius 3 is 2.88 bits per heavy atom. The fourth-order valence-corrected chi connectivity index (χ4v) is 2.71. The highest BCUT2D eigenvalue weighted by atomic mass is 35.5. The van der Waals surface area contributed by atoms with E-state index in [4.69, 9.17) is 11.6 Å². The minimum absolute atomic E-state index is 0.131. The predicted octanol–water partition coefficient (Wildman–Crippen LogP) is 2.90. The number of carbonyl (C=O) groups is 1. The number of rotatable bonds is 2. The van der Waals surface area contributed by atoms with Gasteiger partial charge in [-0.05, 0) is 36.0 Å². The summed E-state index contributed by atoms with van der Waals surface area (Å²) in [7, 11) is 1.83. The van der Waals surface area contributed by atoms with Gasteiger partial charge in [0.05, 0.1) is 11.8 Å². The van der Waals surface area contributed by atoms with Gasteiger partial charge < -0.3 is 4.90 Å². The van der Waals surface area contributed by atoms with E-state index in [1.54, 1.807) is 4.90 Å². The summed E-state index contributed by atoms with van der Waals surface area (Å²) in [6, 6.07) is 6.18. The maximum atomic E-state index is 11.6. The van der Waals surface area contributed by atoms with Gasteiger partial charge in [-0.1, -0.05) is 12.1 Å². The first-order valence-electron chi connectivity index (χ1n) is 5.70. The number of nitrogens with zero attached hydrogens (tertiary/aromatic N) is 1. The SMILES string of the molecule is CN1C(=O)Cc2cc(C(Cl)C3CC3)ccc21. The van der Waals surface area contributed by atoms with Gasteiger partial charge in [-0.2, -0.15) is 0 Å². The number of carbonyl (C=O) groups excluding carboxylic acids is 1.